The lowest BCUT2D eigenvalue weighted by molar-refractivity contribution is -0.116. The number of hydrazone groups is 1. The Morgan fingerprint density at radius 1 is 1.28 bits per heavy atom. The van der Waals surface area contributed by atoms with Gasteiger partial charge in [0.05, 0.1) is 23.4 Å². The fraction of sp³-hybridized carbons (Fsp3) is 0.308. The van der Waals surface area contributed by atoms with Crippen molar-refractivity contribution >= 4 is 23.3 Å². The minimum Gasteiger partial charge on any atom is -0.478 e. The minimum atomic E-state index is -0.975. The average Bonchev–Trinajstić information content (AvgIpc) is 3.13. The number of carboxylic acids is 1. The summed E-state index contributed by atoms with van der Waals surface area (Å²) in [6.07, 6.45) is 2.64. The molecule has 5 nitrogen and oxygen atoms in total. The molecule has 0 radical (unpaired) electrons. The van der Waals surface area contributed by atoms with E-state index in [4.69, 9.17) is 5.11 Å². The molecule has 1 amide bonds. The number of benzene rings is 1. The smallest absolute Gasteiger partial charge is 0.335 e. The van der Waals surface area contributed by atoms with E-state index in [-0.39, 0.29) is 11.5 Å². The Kier molecular flexibility index (Phi) is 2.40. The van der Waals surface area contributed by atoms with Gasteiger partial charge in [0.1, 0.15) is 0 Å². The van der Waals surface area contributed by atoms with Crippen LogP contribution < -0.4 is 5.01 Å². The van der Waals surface area contributed by atoms with Crippen molar-refractivity contribution in [3.8, 4) is 0 Å². The van der Waals surface area contributed by atoms with E-state index in [2.05, 4.69) is 5.10 Å². The normalized spacial score (nSPS) is 19.0. The van der Waals surface area contributed by atoms with Gasteiger partial charge in [0.2, 0.25) is 0 Å². The molecule has 1 fully saturated rings. The molecule has 1 aliphatic carbocycles. The molecule has 1 aliphatic heterocycles. The average molecular weight is 244 g/mol. The van der Waals surface area contributed by atoms with Crippen molar-refractivity contribution in [1.82, 2.24) is 0 Å². The van der Waals surface area contributed by atoms with E-state index >= 15 is 0 Å². The highest BCUT2D eigenvalue weighted by atomic mass is 16.4. The van der Waals surface area contributed by atoms with Crippen molar-refractivity contribution < 1.29 is 14.7 Å². The zero-order chi connectivity index (χ0) is 12.7. The SMILES string of the molecule is O=C(O)c1ccc(N2N=C(C3CC3)CC2=O)cc1. The van der Waals surface area contributed by atoms with E-state index in [1.54, 1.807) is 12.1 Å². The van der Waals surface area contributed by atoms with Gasteiger partial charge in [0.25, 0.3) is 5.91 Å². The molecule has 2 aliphatic rings. The van der Waals surface area contributed by atoms with E-state index in [9.17, 15) is 9.59 Å². The molecular weight excluding hydrogens is 232 g/mol. The molecule has 0 atom stereocenters. The summed E-state index contributed by atoms with van der Waals surface area (Å²) in [6, 6.07) is 6.19. The highest BCUT2D eigenvalue weighted by molar-refractivity contribution is 6.14. The standard InChI is InChI=1S/C13H12N2O3/c16-12-7-11(8-1-2-8)14-15(12)10-5-3-9(4-6-10)13(17)18/h3-6,8H,1-2,7H2,(H,17,18). The van der Waals surface area contributed by atoms with Crippen LogP contribution in [0.2, 0.25) is 0 Å². The quantitative estimate of drug-likeness (QED) is 0.882. The third-order valence-electron chi connectivity index (χ3n) is 3.20. The van der Waals surface area contributed by atoms with Crippen molar-refractivity contribution in [2.24, 2.45) is 11.0 Å². The zero-order valence-electron chi connectivity index (χ0n) is 9.67. The predicted octanol–water partition coefficient (Wildman–Crippen LogP) is 1.89. The highest BCUT2D eigenvalue weighted by Crippen LogP contribution is 2.35. The molecule has 0 spiro atoms. The maximum Gasteiger partial charge on any atom is 0.335 e. The lowest BCUT2D eigenvalue weighted by atomic mass is 10.2. The van der Waals surface area contributed by atoms with E-state index in [0.717, 1.165) is 18.6 Å². The highest BCUT2D eigenvalue weighted by Gasteiger charge is 2.35. The van der Waals surface area contributed by atoms with Gasteiger partial charge in [-0.15, -0.1) is 0 Å². The lowest BCUT2D eigenvalue weighted by Gasteiger charge is -2.11. The first-order valence-corrected chi connectivity index (χ1v) is 5.89. The molecule has 0 saturated heterocycles. The summed E-state index contributed by atoms with van der Waals surface area (Å²) < 4.78 is 0. The van der Waals surface area contributed by atoms with Crippen LogP contribution in [0.4, 0.5) is 5.69 Å². The maximum absolute atomic E-state index is 11.8. The van der Waals surface area contributed by atoms with E-state index in [1.807, 2.05) is 0 Å². The Labute approximate surface area is 104 Å². The summed E-state index contributed by atoms with van der Waals surface area (Å²) in [7, 11) is 0. The summed E-state index contributed by atoms with van der Waals surface area (Å²) in [4.78, 5) is 22.6. The number of hydrogen-bond donors (Lipinski definition) is 1. The maximum atomic E-state index is 11.8. The van der Waals surface area contributed by atoms with Crippen molar-refractivity contribution in [2.45, 2.75) is 19.3 Å². The topological polar surface area (TPSA) is 70.0 Å². The van der Waals surface area contributed by atoms with Gasteiger partial charge in [-0.1, -0.05) is 0 Å². The van der Waals surface area contributed by atoms with Gasteiger partial charge < -0.3 is 5.11 Å². The summed E-state index contributed by atoms with van der Waals surface area (Å²) in [5, 5.41) is 14.5. The van der Waals surface area contributed by atoms with Crippen LogP contribution in [0.25, 0.3) is 0 Å². The van der Waals surface area contributed by atoms with Crippen molar-refractivity contribution in [1.29, 1.82) is 0 Å². The van der Waals surface area contributed by atoms with Crippen LogP contribution >= 0.6 is 0 Å². The second-order valence-corrected chi connectivity index (χ2v) is 4.60. The number of aromatic carboxylic acids is 1. The molecule has 5 heteroatoms. The van der Waals surface area contributed by atoms with Crippen LogP contribution in [0.5, 0.6) is 0 Å². The second-order valence-electron chi connectivity index (χ2n) is 4.60. The van der Waals surface area contributed by atoms with Gasteiger partial charge in [0.15, 0.2) is 0 Å². The molecule has 0 aromatic heterocycles. The molecule has 0 bridgehead atoms. The number of anilines is 1. The summed E-state index contributed by atoms with van der Waals surface area (Å²) in [5.74, 6) is -0.534. The molecule has 1 heterocycles. The van der Waals surface area contributed by atoms with Crippen molar-refractivity contribution in [3.05, 3.63) is 29.8 Å². The predicted molar refractivity (Wildman–Crippen MR) is 65.7 cm³/mol. The summed E-state index contributed by atoms with van der Waals surface area (Å²) >= 11 is 0. The number of rotatable bonds is 3. The summed E-state index contributed by atoms with van der Waals surface area (Å²) in [5.41, 5.74) is 1.79. The van der Waals surface area contributed by atoms with Crippen LogP contribution in [0.1, 0.15) is 29.6 Å². The van der Waals surface area contributed by atoms with Crippen LogP contribution in [0, 0.1) is 5.92 Å². The molecule has 1 N–H and O–H groups in total. The van der Waals surface area contributed by atoms with Gasteiger partial charge in [-0.2, -0.15) is 5.10 Å². The first-order chi connectivity index (χ1) is 8.65. The van der Waals surface area contributed by atoms with Crippen LogP contribution in [0.15, 0.2) is 29.4 Å². The number of carbonyl (C=O) groups is 2. The monoisotopic (exact) mass is 244 g/mol. The van der Waals surface area contributed by atoms with Gasteiger partial charge in [-0.05, 0) is 43.0 Å². The first kappa shape index (κ1) is 11.0. The molecule has 1 aromatic carbocycles. The fourth-order valence-electron chi connectivity index (χ4n) is 2.04. The number of hydrogen-bond acceptors (Lipinski definition) is 3. The molecule has 0 unspecified atom stereocenters. The number of carboxylic acid groups (broad SMARTS) is 1. The molecule has 3 rings (SSSR count). The van der Waals surface area contributed by atoms with Gasteiger partial charge in [0, 0.05) is 0 Å². The van der Waals surface area contributed by atoms with Gasteiger partial charge in [-0.3, -0.25) is 4.79 Å². The van der Waals surface area contributed by atoms with Crippen molar-refractivity contribution in [2.75, 3.05) is 5.01 Å². The first-order valence-electron chi connectivity index (χ1n) is 5.89. The van der Waals surface area contributed by atoms with E-state index in [0.29, 0.717) is 18.0 Å². The van der Waals surface area contributed by atoms with E-state index < -0.39 is 5.97 Å². The van der Waals surface area contributed by atoms with Crippen LogP contribution in [-0.4, -0.2) is 22.7 Å². The molecule has 1 saturated carbocycles. The van der Waals surface area contributed by atoms with E-state index in [1.165, 1.54) is 17.1 Å². The Balaban J connectivity index is 1.85. The van der Waals surface area contributed by atoms with Gasteiger partial charge >= 0.3 is 5.97 Å². The molecule has 92 valence electrons. The zero-order valence-corrected chi connectivity index (χ0v) is 9.67. The van der Waals surface area contributed by atoms with Gasteiger partial charge in [-0.25, -0.2) is 9.80 Å². The molecular formula is C13H12N2O3. The number of carbonyl (C=O) groups excluding carboxylic acids is 1. The second kappa shape index (κ2) is 3.94. The number of amides is 1. The fourth-order valence-corrected chi connectivity index (χ4v) is 2.04. The lowest BCUT2D eigenvalue weighted by Crippen LogP contribution is -2.19. The summed E-state index contributed by atoms with van der Waals surface area (Å²) in [6.45, 7) is 0. The Bertz CT molecular complexity index is 544. The number of nitrogens with zero attached hydrogens (tertiary/aromatic N) is 2. The Morgan fingerprint density at radius 2 is 1.94 bits per heavy atom. The molecule has 1 aromatic rings. The Hall–Kier alpha value is -2.17. The third-order valence-corrected chi connectivity index (χ3v) is 3.20. The Morgan fingerprint density at radius 3 is 2.50 bits per heavy atom. The third kappa shape index (κ3) is 1.88. The van der Waals surface area contributed by atoms with Crippen LogP contribution in [0.3, 0.4) is 0 Å². The molecule has 18 heavy (non-hydrogen) atoms. The minimum absolute atomic E-state index is 0.0417. The van der Waals surface area contributed by atoms with Crippen LogP contribution in [-0.2, 0) is 4.79 Å². The van der Waals surface area contributed by atoms with Crippen molar-refractivity contribution in [3.63, 3.8) is 0 Å². The largest absolute Gasteiger partial charge is 0.478 e.